The number of amides is 3. The molecule has 3 amide bonds. The normalized spacial score (nSPS) is 19.4. The molecule has 0 aromatic rings. The lowest BCUT2D eigenvalue weighted by molar-refractivity contribution is 0.0189. The highest BCUT2D eigenvalue weighted by molar-refractivity contribution is 5.74. The minimum absolute atomic E-state index is 0.00207. The van der Waals surface area contributed by atoms with Crippen molar-refractivity contribution in [3.63, 3.8) is 0 Å². The Labute approximate surface area is 121 Å². The molecule has 6 heteroatoms. The van der Waals surface area contributed by atoms with Gasteiger partial charge in [0.1, 0.15) is 5.60 Å². The molecule has 1 saturated heterocycles. The zero-order chi connectivity index (χ0) is 15.3. The maximum Gasteiger partial charge on any atom is 0.410 e. The molecule has 0 aromatic heterocycles. The van der Waals surface area contributed by atoms with Gasteiger partial charge < -0.3 is 19.9 Å². The molecule has 116 valence electrons. The number of hydrogen-bond acceptors (Lipinski definition) is 3. The van der Waals surface area contributed by atoms with Crippen LogP contribution >= 0.6 is 0 Å². The average molecular weight is 285 g/mol. The smallest absolute Gasteiger partial charge is 0.410 e. The van der Waals surface area contributed by atoms with Crippen LogP contribution in [0, 0.1) is 0 Å². The average Bonchev–Trinajstić information content (AvgIpc) is 2.36. The quantitative estimate of drug-likeness (QED) is 0.844. The van der Waals surface area contributed by atoms with Gasteiger partial charge in [0.05, 0.1) is 0 Å². The van der Waals surface area contributed by atoms with Crippen LogP contribution in [0.15, 0.2) is 0 Å². The lowest BCUT2D eigenvalue weighted by atomic mass is 10.1. The molecular weight excluding hydrogens is 258 g/mol. The summed E-state index contributed by atoms with van der Waals surface area (Å²) >= 11 is 0. The van der Waals surface area contributed by atoms with Crippen LogP contribution in [0.25, 0.3) is 0 Å². The van der Waals surface area contributed by atoms with Crippen molar-refractivity contribution in [2.24, 2.45) is 0 Å². The summed E-state index contributed by atoms with van der Waals surface area (Å²) in [7, 11) is 1.75. The van der Waals surface area contributed by atoms with Gasteiger partial charge in [-0.3, -0.25) is 0 Å². The van der Waals surface area contributed by atoms with Gasteiger partial charge in [-0.1, -0.05) is 0 Å². The Kier molecular flexibility index (Phi) is 5.65. The minimum Gasteiger partial charge on any atom is -0.444 e. The summed E-state index contributed by atoms with van der Waals surface area (Å²) in [4.78, 5) is 27.1. The second kappa shape index (κ2) is 6.81. The number of hydrogen-bond donors (Lipinski definition) is 1. The molecule has 0 spiro atoms. The van der Waals surface area contributed by atoms with Crippen LogP contribution in [0.1, 0.15) is 40.5 Å². The fraction of sp³-hybridized carbons (Fsp3) is 0.857. The van der Waals surface area contributed by atoms with Crippen molar-refractivity contribution in [3.8, 4) is 0 Å². The summed E-state index contributed by atoms with van der Waals surface area (Å²) in [6.45, 7) is 9.34. The number of piperidine rings is 1. The lowest BCUT2D eigenvalue weighted by Gasteiger charge is -2.35. The third kappa shape index (κ3) is 5.27. The van der Waals surface area contributed by atoms with Gasteiger partial charge in [-0.2, -0.15) is 0 Å². The summed E-state index contributed by atoms with van der Waals surface area (Å²) in [6.07, 6.45) is 1.46. The number of ether oxygens (including phenoxy) is 1. The van der Waals surface area contributed by atoms with Gasteiger partial charge in [-0.25, -0.2) is 9.59 Å². The molecule has 6 nitrogen and oxygen atoms in total. The number of nitrogens with zero attached hydrogens (tertiary/aromatic N) is 2. The maximum absolute atomic E-state index is 12.0. The Morgan fingerprint density at radius 2 is 2.05 bits per heavy atom. The van der Waals surface area contributed by atoms with Crippen LogP contribution in [0.2, 0.25) is 0 Å². The summed E-state index contributed by atoms with van der Waals surface area (Å²) in [5.41, 5.74) is -0.490. The van der Waals surface area contributed by atoms with Gasteiger partial charge in [0.15, 0.2) is 0 Å². The fourth-order valence-corrected chi connectivity index (χ4v) is 2.02. The van der Waals surface area contributed by atoms with Gasteiger partial charge in [0.25, 0.3) is 0 Å². The molecule has 0 saturated carbocycles. The predicted molar refractivity (Wildman–Crippen MR) is 77.7 cm³/mol. The van der Waals surface area contributed by atoms with E-state index in [2.05, 4.69) is 5.32 Å². The molecule has 1 fully saturated rings. The molecule has 0 radical (unpaired) electrons. The Hall–Kier alpha value is -1.46. The Morgan fingerprint density at radius 1 is 1.40 bits per heavy atom. The first-order valence-corrected chi connectivity index (χ1v) is 7.22. The zero-order valence-corrected chi connectivity index (χ0v) is 13.2. The molecule has 0 unspecified atom stereocenters. The number of carbonyl (C=O) groups excluding carboxylic acids is 2. The first kappa shape index (κ1) is 16.6. The first-order chi connectivity index (χ1) is 9.23. The predicted octanol–water partition coefficient (Wildman–Crippen LogP) is 2.05. The Morgan fingerprint density at radius 3 is 2.60 bits per heavy atom. The van der Waals surface area contributed by atoms with E-state index in [4.69, 9.17) is 4.74 Å². The molecular formula is C14H27N3O3. The lowest BCUT2D eigenvalue weighted by Crippen LogP contribution is -2.52. The van der Waals surface area contributed by atoms with Crippen LogP contribution in [0.5, 0.6) is 0 Å². The second-order valence-electron chi connectivity index (χ2n) is 6.23. The molecule has 1 N–H and O–H groups in total. The van der Waals surface area contributed by atoms with E-state index in [0.717, 1.165) is 12.8 Å². The van der Waals surface area contributed by atoms with Crippen molar-refractivity contribution in [3.05, 3.63) is 0 Å². The number of carbonyl (C=O) groups is 2. The highest BCUT2D eigenvalue weighted by Crippen LogP contribution is 2.15. The third-order valence-corrected chi connectivity index (χ3v) is 3.22. The summed E-state index contributed by atoms with van der Waals surface area (Å²) in [6, 6.07) is -0.0960. The Balaban J connectivity index is 2.50. The first-order valence-electron chi connectivity index (χ1n) is 7.22. The van der Waals surface area contributed by atoms with Crippen molar-refractivity contribution in [1.29, 1.82) is 0 Å². The molecule has 1 atom stereocenters. The number of nitrogens with one attached hydrogen (secondary N) is 1. The SMILES string of the molecule is CCN(C)C(=O)N[C@@H]1CCCN(C(=O)OC(C)(C)C)C1. The topological polar surface area (TPSA) is 61.9 Å². The van der Waals surface area contributed by atoms with Crippen LogP contribution < -0.4 is 5.32 Å². The molecule has 0 aliphatic carbocycles. The summed E-state index contributed by atoms with van der Waals surface area (Å²) in [5.74, 6) is 0. The van der Waals surface area contributed by atoms with Crippen molar-refractivity contribution >= 4 is 12.1 Å². The fourth-order valence-electron chi connectivity index (χ4n) is 2.02. The van der Waals surface area contributed by atoms with Gasteiger partial charge >= 0.3 is 12.1 Å². The van der Waals surface area contributed by atoms with Crippen LogP contribution in [0.4, 0.5) is 9.59 Å². The van der Waals surface area contributed by atoms with E-state index in [-0.39, 0.29) is 18.2 Å². The maximum atomic E-state index is 12.0. The van der Waals surface area contributed by atoms with E-state index >= 15 is 0 Å². The second-order valence-corrected chi connectivity index (χ2v) is 6.23. The van der Waals surface area contributed by atoms with E-state index < -0.39 is 5.60 Å². The van der Waals surface area contributed by atoms with Crippen molar-refractivity contribution in [2.45, 2.75) is 52.2 Å². The van der Waals surface area contributed by atoms with Gasteiger partial charge in [0.2, 0.25) is 0 Å². The van der Waals surface area contributed by atoms with Crippen molar-refractivity contribution in [2.75, 3.05) is 26.7 Å². The standard InChI is InChI=1S/C14H27N3O3/c1-6-16(5)12(18)15-11-8-7-9-17(10-11)13(19)20-14(2,3)4/h11H,6-10H2,1-5H3,(H,15,18)/t11-/m1/s1. The van der Waals surface area contributed by atoms with Crippen LogP contribution in [-0.4, -0.2) is 60.2 Å². The molecule has 0 aromatic carbocycles. The summed E-state index contributed by atoms with van der Waals surface area (Å²) < 4.78 is 5.36. The largest absolute Gasteiger partial charge is 0.444 e. The third-order valence-electron chi connectivity index (χ3n) is 3.22. The molecule has 20 heavy (non-hydrogen) atoms. The molecule has 0 bridgehead atoms. The minimum atomic E-state index is -0.490. The van der Waals surface area contributed by atoms with E-state index in [0.29, 0.717) is 19.6 Å². The van der Waals surface area contributed by atoms with E-state index in [1.165, 1.54) is 0 Å². The highest BCUT2D eigenvalue weighted by Gasteiger charge is 2.28. The molecule has 1 rings (SSSR count). The Bertz CT molecular complexity index is 352. The highest BCUT2D eigenvalue weighted by atomic mass is 16.6. The van der Waals surface area contributed by atoms with E-state index in [1.807, 2.05) is 27.7 Å². The monoisotopic (exact) mass is 285 g/mol. The number of rotatable bonds is 2. The van der Waals surface area contributed by atoms with E-state index in [1.54, 1.807) is 16.8 Å². The zero-order valence-electron chi connectivity index (χ0n) is 13.2. The van der Waals surface area contributed by atoms with E-state index in [9.17, 15) is 9.59 Å². The van der Waals surface area contributed by atoms with Crippen LogP contribution in [0.3, 0.4) is 0 Å². The van der Waals surface area contributed by atoms with Crippen LogP contribution in [-0.2, 0) is 4.74 Å². The van der Waals surface area contributed by atoms with Crippen molar-refractivity contribution < 1.29 is 14.3 Å². The number of urea groups is 1. The molecule has 1 aliphatic heterocycles. The molecule has 1 aliphatic rings. The van der Waals surface area contributed by atoms with Crippen molar-refractivity contribution in [1.82, 2.24) is 15.1 Å². The number of likely N-dealkylation sites (tertiary alicyclic amines) is 1. The van der Waals surface area contributed by atoms with Gasteiger partial charge in [-0.15, -0.1) is 0 Å². The van der Waals surface area contributed by atoms with Gasteiger partial charge in [0, 0.05) is 32.7 Å². The van der Waals surface area contributed by atoms with Gasteiger partial charge in [-0.05, 0) is 40.5 Å². The molecule has 1 heterocycles. The summed E-state index contributed by atoms with van der Waals surface area (Å²) in [5, 5.41) is 2.95.